The van der Waals surface area contributed by atoms with E-state index in [9.17, 15) is 4.79 Å². The minimum Gasteiger partial charge on any atom is -0.408 e. The molecule has 0 saturated carbocycles. The van der Waals surface area contributed by atoms with E-state index in [2.05, 4.69) is 10.3 Å². The van der Waals surface area contributed by atoms with Gasteiger partial charge in [0, 0.05) is 12.6 Å². The monoisotopic (exact) mass is 222 g/mol. The summed E-state index contributed by atoms with van der Waals surface area (Å²) >= 11 is 0. The number of H-pyrrole nitrogens is 1. The molecule has 0 aliphatic heterocycles. The normalized spacial score (nSPS) is 13.1. The molecule has 3 N–H and O–H groups in total. The molecule has 1 heterocycles. The quantitative estimate of drug-likeness (QED) is 0.713. The topological polar surface area (TPSA) is 78.3 Å². The average molecular weight is 222 g/mol. The molecule has 0 bridgehead atoms. The minimum atomic E-state index is -0.449. The van der Waals surface area contributed by atoms with E-state index in [0.29, 0.717) is 17.5 Å². The SMILES string of the molecule is CNC(CCO)c1ccc2[nH]c(=O)oc2c1. The number of aliphatic hydroxyl groups excluding tert-OH is 1. The summed E-state index contributed by atoms with van der Waals surface area (Å²) in [4.78, 5) is 13.6. The molecule has 86 valence electrons. The Morgan fingerprint density at radius 3 is 3.06 bits per heavy atom. The van der Waals surface area contributed by atoms with Crippen molar-refractivity contribution >= 4 is 11.1 Å². The second kappa shape index (κ2) is 4.51. The van der Waals surface area contributed by atoms with Crippen molar-refractivity contribution in [2.24, 2.45) is 0 Å². The Morgan fingerprint density at radius 1 is 1.56 bits per heavy atom. The third-order valence-electron chi connectivity index (χ3n) is 2.61. The number of aliphatic hydroxyl groups is 1. The summed E-state index contributed by atoms with van der Waals surface area (Å²) in [5.41, 5.74) is 2.22. The molecule has 2 rings (SSSR count). The lowest BCUT2D eigenvalue weighted by atomic mass is 10.0. The zero-order chi connectivity index (χ0) is 11.5. The van der Waals surface area contributed by atoms with Crippen LogP contribution in [0.4, 0.5) is 0 Å². The standard InChI is InChI=1S/C11H14N2O3/c1-12-8(4-5-14)7-2-3-9-10(6-7)16-11(15)13-9/h2-3,6,8,12,14H,4-5H2,1H3,(H,13,15). The summed E-state index contributed by atoms with van der Waals surface area (Å²) in [6.07, 6.45) is 0.622. The van der Waals surface area contributed by atoms with Crippen molar-refractivity contribution in [3.05, 3.63) is 34.3 Å². The van der Waals surface area contributed by atoms with Gasteiger partial charge < -0.3 is 14.8 Å². The molecule has 5 nitrogen and oxygen atoms in total. The van der Waals surface area contributed by atoms with Gasteiger partial charge in [-0.25, -0.2) is 4.79 Å². The lowest BCUT2D eigenvalue weighted by molar-refractivity contribution is 0.269. The smallest absolute Gasteiger partial charge is 0.408 e. The number of aromatic nitrogens is 1. The minimum absolute atomic E-state index is 0.0644. The fourth-order valence-electron chi connectivity index (χ4n) is 1.79. The predicted octanol–water partition coefficient (Wildman–Crippen LogP) is 0.764. The number of fused-ring (bicyclic) bond motifs is 1. The van der Waals surface area contributed by atoms with Crippen molar-refractivity contribution in [3.63, 3.8) is 0 Å². The number of hydrogen-bond donors (Lipinski definition) is 3. The van der Waals surface area contributed by atoms with Crippen molar-refractivity contribution in [2.75, 3.05) is 13.7 Å². The molecule has 1 atom stereocenters. The van der Waals surface area contributed by atoms with Gasteiger partial charge in [-0.15, -0.1) is 0 Å². The number of benzene rings is 1. The van der Waals surface area contributed by atoms with Crippen LogP contribution >= 0.6 is 0 Å². The van der Waals surface area contributed by atoms with Crippen LogP contribution in [0.2, 0.25) is 0 Å². The molecule has 2 aromatic rings. The van der Waals surface area contributed by atoms with E-state index in [-0.39, 0.29) is 12.6 Å². The zero-order valence-corrected chi connectivity index (χ0v) is 8.99. The van der Waals surface area contributed by atoms with E-state index < -0.39 is 5.76 Å². The lowest BCUT2D eigenvalue weighted by Crippen LogP contribution is -2.17. The molecule has 0 fully saturated rings. The van der Waals surface area contributed by atoms with Gasteiger partial charge in [0.1, 0.15) is 0 Å². The first-order chi connectivity index (χ1) is 7.74. The summed E-state index contributed by atoms with van der Waals surface area (Å²) < 4.78 is 4.98. The van der Waals surface area contributed by atoms with Gasteiger partial charge in [-0.2, -0.15) is 0 Å². The van der Waals surface area contributed by atoms with E-state index in [1.54, 1.807) is 6.07 Å². The van der Waals surface area contributed by atoms with Gasteiger partial charge >= 0.3 is 5.76 Å². The molecule has 1 aromatic heterocycles. The average Bonchev–Trinajstić information content (AvgIpc) is 2.64. The van der Waals surface area contributed by atoms with E-state index in [1.165, 1.54) is 0 Å². The fourth-order valence-corrected chi connectivity index (χ4v) is 1.79. The van der Waals surface area contributed by atoms with Crippen LogP contribution in [-0.2, 0) is 0 Å². The van der Waals surface area contributed by atoms with Gasteiger partial charge in [0.05, 0.1) is 5.52 Å². The Hall–Kier alpha value is -1.59. The number of aromatic amines is 1. The summed E-state index contributed by atoms with van der Waals surface area (Å²) in [5, 5.41) is 12.0. The maximum Gasteiger partial charge on any atom is 0.417 e. The summed E-state index contributed by atoms with van der Waals surface area (Å²) in [6, 6.07) is 5.58. The van der Waals surface area contributed by atoms with Crippen LogP contribution in [0.5, 0.6) is 0 Å². The Balaban J connectivity index is 2.40. The molecule has 5 heteroatoms. The maximum absolute atomic E-state index is 11.0. The summed E-state index contributed by atoms with van der Waals surface area (Å²) in [6.45, 7) is 0.112. The van der Waals surface area contributed by atoms with Gasteiger partial charge in [-0.3, -0.25) is 4.98 Å². The number of oxazole rings is 1. The number of rotatable bonds is 4. The van der Waals surface area contributed by atoms with Gasteiger partial charge in [-0.05, 0) is 31.2 Å². The van der Waals surface area contributed by atoms with Crippen LogP contribution in [0.3, 0.4) is 0 Å². The highest BCUT2D eigenvalue weighted by molar-refractivity contribution is 5.72. The highest BCUT2D eigenvalue weighted by Gasteiger charge is 2.10. The molecule has 0 amide bonds. The van der Waals surface area contributed by atoms with Crippen molar-refractivity contribution in [3.8, 4) is 0 Å². The number of hydrogen-bond acceptors (Lipinski definition) is 4. The number of nitrogens with one attached hydrogen (secondary N) is 2. The van der Waals surface area contributed by atoms with Crippen LogP contribution in [-0.4, -0.2) is 23.7 Å². The molecular formula is C11H14N2O3. The van der Waals surface area contributed by atoms with Crippen LogP contribution in [0.15, 0.2) is 27.4 Å². The third-order valence-corrected chi connectivity index (χ3v) is 2.61. The Bertz CT molecular complexity index is 529. The molecule has 0 spiro atoms. The molecule has 1 unspecified atom stereocenters. The largest absolute Gasteiger partial charge is 0.417 e. The maximum atomic E-state index is 11.0. The highest BCUT2D eigenvalue weighted by Crippen LogP contribution is 2.20. The van der Waals surface area contributed by atoms with Crippen molar-refractivity contribution in [1.82, 2.24) is 10.3 Å². The third kappa shape index (κ3) is 2.00. The van der Waals surface area contributed by atoms with Gasteiger partial charge in [0.15, 0.2) is 5.58 Å². The zero-order valence-electron chi connectivity index (χ0n) is 8.99. The molecule has 1 aromatic carbocycles. The molecular weight excluding hydrogens is 208 g/mol. The van der Waals surface area contributed by atoms with Gasteiger partial charge in [0.25, 0.3) is 0 Å². The first-order valence-corrected chi connectivity index (χ1v) is 5.15. The van der Waals surface area contributed by atoms with E-state index >= 15 is 0 Å². The Labute approximate surface area is 92.1 Å². The van der Waals surface area contributed by atoms with Crippen LogP contribution in [0.25, 0.3) is 11.1 Å². The Morgan fingerprint density at radius 2 is 2.38 bits per heavy atom. The van der Waals surface area contributed by atoms with Crippen LogP contribution in [0.1, 0.15) is 18.0 Å². The van der Waals surface area contributed by atoms with E-state index in [0.717, 1.165) is 5.56 Å². The fraction of sp³-hybridized carbons (Fsp3) is 0.364. The molecule has 0 radical (unpaired) electrons. The molecule has 16 heavy (non-hydrogen) atoms. The molecule has 0 saturated heterocycles. The van der Waals surface area contributed by atoms with E-state index in [1.807, 2.05) is 19.2 Å². The lowest BCUT2D eigenvalue weighted by Gasteiger charge is -2.14. The van der Waals surface area contributed by atoms with Crippen LogP contribution < -0.4 is 11.1 Å². The van der Waals surface area contributed by atoms with Gasteiger partial charge in [-0.1, -0.05) is 6.07 Å². The van der Waals surface area contributed by atoms with Crippen LogP contribution in [0, 0.1) is 0 Å². The van der Waals surface area contributed by atoms with Gasteiger partial charge in [0.2, 0.25) is 0 Å². The first kappa shape index (κ1) is 10.9. The first-order valence-electron chi connectivity index (χ1n) is 5.15. The Kier molecular flexibility index (Phi) is 3.07. The predicted molar refractivity (Wildman–Crippen MR) is 60.3 cm³/mol. The molecule has 0 aliphatic carbocycles. The van der Waals surface area contributed by atoms with Crippen molar-refractivity contribution < 1.29 is 9.52 Å². The second-order valence-corrected chi connectivity index (χ2v) is 3.62. The van der Waals surface area contributed by atoms with Crippen molar-refractivity contribution in [2.45, 2.75) is 12.5 Å². The second-order valence-electron chi connectivity index (χ2n) is 3.62. The summed E-state index contributed by atoms with van der Waals surface area (Å²) in [7, 11) is 1.83. The highest BCUT2D eigenvalue weighted by atomic mass is 16.4. The van der Waals surface area contributed by atoms with E-state index in [4.69, 9.17) is 9.52 Å². The van der Waals surface area contributed by atoms with Crippen molar-refractivity contribution in [1.29, 1.82) is 0 Å². The summed E-state index contributed by atoms with van der Waals surface area (Å²) in [5.74, 6) is -0.449. The molecule has 0 aliphatic rings.